The second-order valence-corrected chi connectivity index (χ2v) is 5.99. The van der Waals surface area contributed by atoms with Crippen molar-refractivity contribution in [1.29, 1.82) is 0 Å². The van der Waals surface area contributed by atoms with Gasteiger partial charge in [-0.05, 0) is 37.6 Å². The first-order chi connectivity index (χ1) is 13.9. The predicted molar refractivity (Wildman–Crippen MR) is 104 cm³/mol. The number of rotatable bonds is 8. The molecule has 0 unspecified atom stereocenters. The third-order valence-corrected chi connectivity index (χ3v) is 4.04. The molecule has 9 heteroatoms. The Hall–Kier alpha value is -3.49. The molecule has 0 bridgehead atoms. The van der Waals surface area contributed by atoms with E-state index in [0.29, 0.717) is 17.1 Å². The number of urea groups is 1. The zero-order valence-electron chi connectivity index (χ0n) is 16.7. The van der Waals surface area contributed by atoms with Crippen molar-refractivity contribution in [2.24, 2.45) is 0 Å². The van der Waals surface area contributed by atoms with Crippen molar-refractivity contribution < 1.29 is 33.3 Å². The fourth-order valence-corrected chi connectivity index (χ4v) is 2.71. The number of esters is 2. The molecule has 2 rings (SSSR count). The van der Waals surface area contributed by atoms with Gasteiger partial charge in [0.05, 0.1) is 38.1 Å². The van der Waals surface area contributed by atoms with Gasteiger partial charge >= 0.3 is 18.0 Å². The van der Waals surface area contributed by atoms with Gasteiger partial charge in [0.2, 0.25) is 0 Å². The van der Waals surface area contributed by atoms with Crippen molar-refractivity contribution in [3.63, 3.8) is 0 Å². The second-order valence-electron chi connectivity index (χ2n) is 5.99. The van der Waals surface area contributed by atoms with Gasteiger partial charge in [0.15, 0.2) is 11.5 Å². The van der Waals surface area contributed by atoms with E-state index in [1.54, 1.807) is 38.1 Å². The molecule has 29 heavy (non-hydrogen) atoms. The van der Waals surface area contributed by atoms with E-state index in [-0.39, 0.29) is 24.5 Å². The number of methoxy groups -OCH3 is 2. The topological polar surface area (TPSA) is 112 Å². The van der Waals surface area contributed by atoms with Gasteiger partial charge in [-0.25, -0.2) is 14.4 Å². The monoisotopic (exact) mass is 404 g/mol. The molecule has 156 valence electrons. The van der Waals surface area contributed by atoms with Crippen LogP contribution in [0.25, 0.3) is 6.08 Å². The van der Waals surface area contributed by atoms with Gasteiger partial charge in [-0.1, -0.05) is 6.07 Å². The minimum atomic E-state index is -0.643. The zero-order valence-corrected chi connectivity index (χ0v) is 16.7. The molecule has 0 saturated heterocycles. The molecule has 0 radical (unpaired) electrons. The van der Waals surface area contributed by atoms with Crippen LogP contribution in [0, 0.1) is 0 Å². The average Bonchev–Trinajstić information content (AvgIpc) is 2.70. The number of carbonyl (C=O) groups excluding carboxylic acids is 3. The fraction of sp³-hybridized carbons (Fsp3) is 0.350. The second kappa shape index (κ2) is 10.2. The van der Waals surface area contributed by atoms with Crippen molar-refractivity contribution in [3.8, 4) is 11.5 Å². The lowest BCUT2D eigenvalue weighted by Gasteiger charge is -2.26. The molecule has 0 spiro atoms. The van der Waals surface area contributed by atoms with Crippen molar-refractivity contribution in [1.82, 2.24) is 10.6 Å². The third-order valence-electron chi connectivity index (χ3n) is 4.04. The summed E-state index contributed by atoms with van der Waals surface area (Å²) in [5, 5.41) is 5.06. The summed E-state index contributed by atoms with van der Waals surface area (Å²) in [5.41, 5.74) is 1.10. The Morgan fingerprint density at radius 2 is 1.86 bits per heavy atom. The van der Waals surface area contributed by atoms with E-state index in [0.717, 1.165) is 0 Å². The van der Waals surface area contributed by atoms with Gasteiger partial charge in [0, 0.05) is 6.08 Å². The maximum atomic E-state index is 12.1. The minimum Gasteiger partial charge on any atom is -0.493 e. The smallest absolute Gasteiger partial charge is 0.338 e. The van der Waals surface area contributed by atoms with Crippen LogP contribution in [0.2, 0.25) is 0 Å². The highest BCUT2D eigenvalue weighted by molar-refractivity contribution is 5.95. The number of hydrogen-bond donors (Lipinski definition) is 2. The van der Waals surface area contributed by atoms with Gasteiger partial charge in [0.25, 0.3) is 0 Å². The van der Waals surface area contributed by atoms with E-state index in [1.807, 2.05) is 0 Å². The first-order valence-electron chi connectivity index (χ1n) is 8.94. The molecule has 0 fully saturated rings. The van der Waals surface area contributed by atoms with E-state index >= 15 is 0 Å². The Morgan fingerprint density at radius 1 is 1.14 bits per heavy atom. The molecule has 1 aromatic carbocycles. The summed E-state index contributed by atoms with van der Waals surface area (Å²) in [4.78, 5) is 35.9. The first-order valence-corrected chi connectivity index (χ1v) is 8.94. The highest BCUT2D eigenvalue weighted by Crippen LogP contribution is 2.28. The molecule has 1 aromatic rings. The molecule has 2 amide bonds. The van der Waals surface area contributed by atoms with Crippen LogP contribution in [0.15, 0.2) is 35.5 Å². The van der Waals surface area contributed by atoms with E-state index < -0.39 is 24.0 Å². The molecule has 1 aliphatic rings. The van der Waals surface area contributed by atoms with Crippen molar-refractivity contribution >= 4 is 24.0 Å². The SMILES string of the molecule is CCOC(=O)C1=C(COC(=O)/C=C/c2ccc(OC)c(OC)c2)NC(=O)N[C@@H]1C. The van der Waals surface area contributed by atoms with Crippen molar-refractivity contribution in [3.05, 3.63) is 41.1 Å². The average molecular weight is 404 g/mol. The summed E-state index contributed by atoms with van der Waals surface area (Å²) in [7, 11) is 3.05. The Bertz CT molecular complexity index is 845. The van der Waals surface area contributed by atoms with Gasteiger partial charge in [-0.2, -0.15) is 0 Å². The molecule has 1 aliphatic heterocycles. The lowest BCUT2D eigenvalue weighted by atomic mass is 10.0. The molecule has 9 nitrogen and oxygen atoms in total. The molecule has 2 N–H and O–H groups in total. The summed E-state index contributed by atoms with van der Waals surface area (Å²) < 4.78 is 20.6. The van der Waals surface area contributed by atoms with Crippen LogP contribution in [-0.2, 0) is 19.1 Å². The molecular formula is C20H24N2O7. The molecule has 1 atom stereocenters. The standard InChI is InChI=1S/C20H24N2O7/c1-5-28-19(24)18-12(2)21-20(25)22-14(18)11-29-17(23)9-7-13-6-8-15(26-3)16(10-13)27-4/h6-10,12H,5,11H2,1-4H3,(H2,21,22,25)/b9-7+/t12-/m1/s1. The van der Waals surface area contributed by atoms with E-state index in [9.17, 15) is 14.4 Å². The van der Waals surface area contributed by atoms with E-state index in [2.05, 4.69) is 10.6 Å². The summed E-state index contributed by atoms with van der Waals surface area (Å²) in [5.74, 6) is -0.129. The van der Waals surface area contributed by atoms with Crippen LogP contribution < -0.4 is 20.1 Å². The van der Waals surface area contributed by atoms with Gasteiger partial charge in [-0.15, -0.1) is 0 Å². The lowest BCUT2D eigenvalue weighted by molar-refractivity contribution is -0.140. The van der Waals surface area contributed by atoms with Crippen molar-refractivity contribution in [2.75, 3.05) is 27.4 Å². The Labute approximate surface area is 168 Å². The number of carbonyl (C=O) groups is 3. The number of nitrogens with one attached hydrogen (secondary N) is 2. The molecule has 0 saturated carbocycles. The molecular weight excluding hydrogens is 380 g/mol. The summed E-state index contributed by atoms with van der Waals surface area (Å²) in [6.45, 7) is 3.23. The Balaban J connectivity index is 2.08. The van der Waals surface area contributed by atoms with Gasteiger partial charge < -0.3 is 29.6 Å². The van der Waals surface area contributed by atoms with Crippen LogP contribution in [0.1, 0.15) is 19.4 Å². The van der Waals surface area contributed by atoms with Crippen LogP contribution in [0.4, 0.5) is 4.79 Å². The quantitative estimate of drug-likeness (QED) is 0.502. The normalized spacial score (nSPS) is 16.1. The number of benzene rings is 1. The summed E-state index contributed by atoms with van der Waals surface area (Å²) >= 11 is 0. The molecule has 1 heterocycles. The van der Waals surface area contributed by atoms with Crippen LogP contribution >= 0.6 is 0 Å². The molecule has 0 aromatic heterocycles. The predicted octanol–water partition coefficient (Wildman–Crippen LogP) is 1.78. The van der Waals surface area contributed by atoms with E-state index in [4.69, 9.17) is 18.9 Å². The Morgan fingerprint density at radius 3 is 2.52 bits per heavy atom. The summed E-state index contributed by atoms with van der Waals surface area (Å²) in [6.07, 6.45) is 2.78. The van der Waals surface area contributed by atoms with Crippen LogP contribution in [0.5, 0.6) is 11.5 Å². The summed E-state index contributed by atoms with van der Waals surface area (Å²) in [6, 6.07) is 4.11. The van der Waals surface area contributed by atoms with Gasteiger partial charge in [0.1, 0.15) is 6.61 Å². The Kier molecular flexibility index (Phi) is 7.64. The first kappa shape index (κ1) is 21.8. The largest absolute Gasteiger partial charge is 0.493 e. The number of hydrogen-bond acceptors (Lipinski definition) is 7. The number of ether oxygens (including phenoxy) is 4. The third kappa shape index (κ3) is 5.74. The highest BCUT2D eigenvalue weighted by Gasteiger charge is 2.30. The number of amides is 2. The maximum Gasteiger partial charge on any atom is 0.338 e. The fourth-order valence-electron chi connectivity index (χ4n) is 2.71. The maximum absolute atomic E-state index is 12.1. The minimum absolute atomic E-state index is 0.185. The van der Waals surface area contributed by atoms with Gasteiger partial charge in [-0.3, -0.25) is 0 Å². The van der Waals surface area contributed by atoms with E-state index in [1.165, 1.54) is 20.3 Å². The van der Waals surface area contributed by atoms with Crippen LogP contribution in [-0.4, -0.2) is 51.4 Å². The lowest BCUT2D eigenvalue weighted by Crippen LogP contribution is -2.50. The zero-order chi connectivity index (χ0) is 21.4. The van der Waals surface area contributed by atoms with Crippen molar-refractivity contribution in [2.45, 2.75) is 19.9 Å². The highest BCUT2D eigenvalue weighted by atomic mass is 16.5. The molecule has 0 aliphatic carbocycles. The van der Waals surface area contributed by atoms with Crippen LogP contribution in [0.3, 0.4) is 0 Å².